The minimum atomic E-state index is -0.398. The van der Waals surface area contributed by atoms with Crippen molar-refractivity contribution in [1.29, 1.82) is 0 Å². The highest BCUT2D eigenvalue weighted by atomic mass is 32.1. The molecular weight excluding hydrogens is 312 g/mol. The van der Waals surface area contributed by atoms with E-state index in [1.54, 1.807) is 17.5 Å². The van der Waals surface area contributed by atoms with Gasteiger partial charge in [0, 0.05) is 12.3 Å². The van der Waals surface area contributed by atoms with E-state index < -0.39 is 5.97 Å². The Bertz CT molecular complexity index is 873. The third-order valence-corrected chi connectivity index (χ3v) is 3.98. The minimum absolute atomic E-state index is 0.0712. The van der Waals surface area contributed by atoms with Crippen LogP contribution in [0.25, 0.3) is 10.8 Å². The first-order chi connectivity index (χ1) is 11.1. The first-order valence-corrected chi connectivity index (χ1v) is 7.88. The smallest absolute Gasteiger partial charge is 0.338 e. The third kappa shape index (κ3) is 3.73. The number of fused-ring (bicyclic) bond motifs is 1. The van der Waals surface area contributed by atoms with Crippen molar-refractivity contribution >= 4 is 39.1 Å². The second kappa shape index (κ2) is 6.58. The van der Waals surface area contributed by atoms with E-state index in [0.29, 0.717) is 16.4 Å². The Morgan fingerprint density at radius 2 is 1.96 bits per heavy atom. The first-order valence-electron chi connectivity index (χ1n) is 7.00. The van der Waals surface area contributed by atoms with E-state index in [1.807, 2.05) is 30.3 Å². The monoisotopic (exact) mass is 326 g/mol. The van der Waals surface area contributed by atoms with Gasteiger partial charge in [0.1, 0.15) is 6.61 Å². The van der Waals surface area contributed by atoms with Crippen molar-refractivity contribution in [2.45, 2.75) is 13.5 Å². The molecule has 0 fully saturated rings. The number of aromatic nitrogens is 1. The largest absolute Gasteiger partial charge is 0.456 e. The fraction of sp³-hybridized carbons (Fsp3) is 0.118. The molecule has 1 amide bonds. The van der Waals surface area contributed by atoms with Gasteiger partial charge in [-0.05, 0) is 22.9 Å². The Hall–Kier alpha value is -2.73. The highest BCUT2D eigenvalue weighted by Crippen LogP contribution is 2.18. The van der Waals surface area contributed by atoms with Crippen molar-refractivity contribution in [2.75, 3.05) is 5.32 Å². The van der Waals surface area contributed by atoms with Gasteiger partial charge in [-0.15, -0.1) is 11.3 Å². The zero-order valence-electron chi connectivity index (χ0n) is 12.4. The van der Waals surface area contributed by atoms with Gasteiger partial charge < -0.3 is 10.1 Å². The van der Waals surface area contributed by atoms with Crippen LogP contribution < -0.4 is 5.32 Å². The van der Waals surface area contributed by atoms with Crippen LogP contribution in [0.3, 0.4) is 0 Å². The number of benzene rings is 2. The second-order valence-electron chi connectivity index (χ2n) is 4.96. The molecule has 3 aromatic rings. The van der Waals surface area contributed by atoms with Gasteiger partial charge in [-0.3, -0.25) is 4.79 Å². The summed E-state index contributed by atoms with van der Waals surface area (Å²) in [7, 11) is 0. The van der Waals surface area contributed by atoms with Crippen LogP contribution in [0.5, 0.6) is 0 Å². The summed E-state index contributed by atoms with van der Waals surface area (Å²) in [6, 6.07) is 13.3. The van der Waals surface area contributed by atoms with Crippen LogP contribution in [0.4, 0.5) is 5.13 Å². The van der Waals surface area contributed by atoms with Gasteiger partial charge in [0.05, 0.1) is 11.3 Å². The number of hydrogen-bond acceptors (Lipinski definition) is 5. The van der Waals surface area contributed by atoms with Gasteiger partial charge in [-0.25, -0.2) is 9.78 Å². The van der Waals surface area contributed by atoms with E-state index in [-0.39, 0.29) is 12.5 Å². The van der Waals surface area contributed by atoms with Crippen molar-refractivity contribution in [3.63, 3.8) is 0 Å². The SMILES string of the molecule is CC(=O)Nc1nc(COC(=O)c2ccc3ccccc3c2)cs1. The van der Waals surface area contributed by atoms with E-state index in [1.165, 1.54) is 18.3 Å². The van der Waals surface area contributed by atoms with E-state index >= 15 is 0 Å². The van der Waals surface area contributed by atoms with Crippen molar-refractivity contribution in [3.05, 3.63) is 59.1 Å². The number of hydrogen-bond donors (Lipinski definition) is 1. The molecule has 1 heterocycles. The third-order valence-electron chi connectivity index (χ3n) is 3.17. The number of nitrogens with zero attached hydrogens (tertiary/aromatic N) is 1. The Kier molecular flexibility index (Phi) is 4.34. The van der Waals surface area contributed by atoms with Crippen LogP contribution in [0, 0.1) is 0 Å². The highest BCUT2D eigenvalue weighted by Gasteiger charge is 2.10. The highest BCUT2D eigenvalue weighted by molar-refractivity contribution is 7.13. The summed E-state index contributed by atoms with van der Waals surface area (Å²) >= 11 is 1.29. The number of ether oxygens (including phenoxy) is 1. The summed E-state index contributed by atoms with van der Waals surface area (Å²) in [5.41, 5.74) is 1.11. The second-order valence-corrected chi connectivity index (χ2v) is 5.82. The molecular formula is C17H14N2O3S. The Balaban J connectivity index is 1.66. The number of amides is 1. The number of esters is 1. The number of carbonyl (C=O) groups excluding carboxylic acids is 2. The molecule has 2 aromatic carbocycles. The number of rotatable bonds is 4. The maximum Gasteiger partial charge on any atom is 0.338 e. The van der Waals surface area contributed by atoms with Gasteiger partial charge in [-0.1, -0.05) is 30.3 Å². The lowest BCUT2D eigenvalue weighted by molar-refractivity contribution is -0.114. The standard InChI is InChI=1S/C17H14N2O3S/c1-11(20)18-17-19-15(10-23-17)9-22-16(21)14-7-6-12-4-2-3-5-13(12)8-14/h2-8,10H,9H2,1H3,(H,18,19,20). The van der Waals surface area contributed by atoms with Crippen molar-refractivity contribution in [1.82, 2.24) is 4.98 Å². The molecule has 5 nitrogen and oxygen atoms in total. The zero-order valence-corrected chi connectivity index (χ0v) is 13.2. The molecule has 23 heavy (non-hydrogen) atoms. The minimum Gasteiger partial charge on any atom is -0.456 e. The van der Waals surface area contributed by atoms with Gasteiger partial charge in [0.2, 0.25) is 5.91 Å². The Labute approximate surface area is 136 Å². The Morgan fingerprint density at radius 1 is 1.17 bits per heavy atom. The van der Waals surface area contributed by atoms with E-state index in [4.69, 9.17) is 4.74 Å². The van der Waals surface area contributed by atoms with E-state index in [9.17, 15) is 9.59 Å². The van der Waals surface area contributed by atoms with Gasteiger partial charge >= 0.3 is 5.97 Å². The topological polar surface area (TPSA) is 68.3 Å². The van der Waals surface area contributed by atoms with Gasteiger partial charge in [-0.2, -0.15) is 0 Å². The molecule has 0 unspecified atom stereocenters. The number of carbonyl (C=O) groups is 2. The lowest BCUT2D eigenvalue weighted by Gasteiger charge is -2.04. The molecule has 116 valence electrons. The molecule has 0 spiro atoms. The van der Waals surface area contributed by atoms with Crippen molar-refractivity contribution in [2.24, 2.45) is 0 Å². The van der Waals surface area contributed by atoms with Crippen LogP contribution in [0.2, 0.25) is 0 Å². The quantitative estimate of drug-likeness (QED) is 0.744. The maximum atomic E-state index is 12.1. The summed E-state index contributed by atoms with van der Waals surface area (Å²) in [4.78, 5) is 27.3. The molecule has 0 aliphatic rings. The van der Waals surface area contributed by atoms with Crippen LogP contribution in [-0.4, -0.2) is 16.9 Å². The lowest BCUT2D eigenvalue weighted by Crippen LogP contribution is -2.07. The van der Waals surface area contributed by atoms with Crippen LogP contribution >= 0.6 is 11.3 Å². The molecule has 3 rings (SSSR count). The number of anilines is 1. The zero-order chi connectivity index (χ0) is 16.2. The molecule has 0 saturated carbocycles. The molecule has 0 saturated heterocycles. The normalized spacial score (nSPS) is 10.5. The predicted molar refractivity (Wildman–Crippen MR) is 89.5 cm³/mol. The molecule has 1 N–H and O–H groups in total. The lowest BCUT2D eigenvalue weighted by atomic mass is 10.1. The fourth-order valence-corrected chi connectivity index (χ4v) is 2.86. The molecule has 0 aliphatic heterocycles. The molecule has 1 aromatic heterocycles. The fourth-order valence-electron chi connectivity index (χ4n) is 2.12. The summed E-state index contributed by atoms with van der Waals surface area (Å²) in [5, 5.41) is 6.90. The van der Waals surface area contributed by atoms with Crippen molar-refractivity contribution < 1.29 is 14.3 Å². The molecule has 6 heteroatoms. The molecule has 0 bridgehead atoms. The molecule has 0 atom stereocenters. The summed E-state index contributed by atoms with van der Waals surface area (Å²) in [6.45, 7) is 1.49. The maximum absolute atomic E-state index is 12.1. The molecule has 0 radical (unpaired) electrons. The molecule has 0 aliphatic carbocycles. The van der Waals surface area contributed by atoms with E-state index in [0.717, 1.165) is 10.8 Å². The average molecular weight is 326 g/mol. The average Bonchev–Trinajstić information content (AvgIpc) is 2.98. The first kappa shape index (κ1) is 15.2. The predicted octanol–water partition coefficient (Wildman–Crippen LogP) is 3.61. The van der Waals surface area contributed by atoms with Crippen LogP contribution in [0.1, 0.15) is 23.0 Å². The Morgan fingerprint density at radius 3 is 2.74 bits per heavy atom. The summed E-state index contributed by atoms with van der Waals surface area (Å²) in [6.07, 6.45) is 0. The van der Waals surface area contributed by atoms with Crippen LogP contribution in [0.15, 0.2) is 47.8 Å². The summed E-state index contributed by atoms with van der Waals surface area (Å²) in [5.74, 6) is -0.580. The van der Waals surface area contributed by atoms with Gasteiger partial charge in [0.25, 0.3) is 0 Å². The van der Waals surface area contributed by atoms with Crippen LogP contribution in [-0.2, 0) is 16.1 Å². The number of thiazole rings is 1. The van der Waals surface area contributed by atoms with E-state index in [2.05, 4.69) is 10.3 Å². The number of nitrogens with one attached hydrogen (secondary N) is 1. The summed E-state index contributed by atoms with van der Waals surface area (Å²) < 4.78 is 5.27. The van der Waals surface area contributed by atoms with Crippen molar-refractivity contribution in [3.8, 4) is 0 Å². The van der Waals surface area contributed by atoms with Gasteiger partial charge in [0.15, 0.2) is 5.13 Å².